The molecule has 27 heavy (non-hydrogen) atoms. The topological polar surface area (TPSA) is 121 Å². The van der Waals surface area contributed by atoms with Crippen molar-refractivity contribution < 1.29 is 14.8 Å². The molecule has 2 rings (SSSR count). The summed E-state index contributed by atoms with van der Waals surface area (Å²) in [5.41, 5.74) is 0.490. The van der Waals surface area contributed by atoms with Crippen molar-refractivity contribution in [2.24, 2.45) is 10.4 Å². The summed E-state index contributed by atoms with van der Waals surface area (Å²) >= 11 is 0. The third kappa shape index (κ3) is 7.11. The lowest BCUT2D eigenvalue weighted by Crippen LogP contribution is -2.45. The number of benzene rings is 1. The molecule has 0 spiro atoms. The number of hydrogen-bond donors (Lipinski definition) is 4. The van der Waals surface area contributed by atoms with E-state index >= 15 is 0 Å². The quantitative estimate of drug-likeness (QED) is 0.103. The second kappa shape index (κ2) is 11.9. The van der Waals surface area contributed by atoms with Gasteiger partial charge in [-0.05, 0) is 18.9 Å². The van der Waals surface area contributed by atoms with Gasteiger partial charge in [-0.1, -0.05) is 12.1 Å². The van der Waals surface area contributed by atoms with Crippen LogP contribution in [-0.4, -0.2) is 62.5 Å². The third-order valence-electron chi connectivity index (χ3n) is 4.52. The number of para-hydroxylation sites is 2. The van der Waals surface area contributed by atoms with Gasteiger partial charge in [-0.3, -0.25) is 15.1 Å². The highest BCUT2D eigenvalue weighted by atomic mass is 127. The van der Waals surface area contributed by atoms with Crippen molar-refractivity contribution in [1.82, 2.24) is 10.6 Å². The zero-order valence-corrected chi connectivity index (χ0v) is 17.8. The van der Waals surface area contributed by atoms with E-state index in [1.165, 1.54) is 6.07 Å². The number of guanidine groups is 1. The molecule has 1 unspecified atom stereocenters. The van der Waals surface area contributed by atoms with E-state index in [0.29, 0.717) is 50.9 Å². The maximum atomic E-state index is 11.0. The van der Waals surface area contributed by atoms with Gasteiger partial charge >= 0.3 is 0 Å². The number of aliphatic imine (C=N–C) groups is 1. The van der Waals surface area contributed by atoms with Gasteiger partial charge in [0, 0.05) is 51.4 Å². The largest absolute Gasteiger partial charge is 0.396 e. The van der Waals surface area contributed by atoms with Crippen molar-refractivity contribution in [3.05, 3.63) is 34.4 Å². The Bertz CT molecular complexity index is 623. The van der Waals surface area contributed by atoms with Crippen LogP contribution in [0.15, 0.2) is 29.3 Å². The Kier molecular flexibility index (Phi) is 10.3. The SMILES string of the molecule is CN=C(NCCNc1ccccc1[N+](=O)[O-])NCC1(CCO)CCOC1.I. The van der Waals surface area contributed by atoms with Crippen LogP contribution in [0.2, 0.25) is 0 Å². The zero-order chi connectivity index (χ0) is 18.8. The Hall–Kier alpha value is -1.66. The lowest BCUT2D eigenvalue weighted by atomic mass is 9.84. The standard InChI is InChI=1S/C17H27N5O4.HI/c1-18-16(21-12-17(6-10-23)7-11-26-13-17)20-9-8-19-14-4-2-3-5-15(14)22(24)25;/h2-5,19,23H,6-13H2,1H3,(H2,18,20,21);1H. The fourth-order valence-corrected chi connectivity index (χ4v) is 2.96. The molecule has 1 aliphatic heterocycles. The molecule has 0 bridgehead atoms. The summed E-state index contributed by atoms with van der Waals surface area (Å²) in [6, 6.07) is 6.56. The number of aliphatic hydroxyl groups excluding tert-OH is 1. The summed E-state index contributed by atoms with van der Waals surface area (Å²) in [6.45, 7) is 3.22. The number of halogens is 1. The Morgan fingerprint density at radius 3 is 2.78 bits per heavy atom. The molecule has 1 aromatic carbocycles. The Morgan fingerprint density at radius 2 is 2.15 bits per heavy atom. The maximum absolute atomic E-state index is 11.0. The molecule has 1 aliphatic rings. The number of nitrogens with zero attached hydrogens (tertiary/aromatic N) is 2. The van der Waals surface area contributed by atoms with Crippen LogP contribution in [0.25, 0.3) is 0 Å². The molecule has 1 heterocycles. The molecule has 0 amide bonds. The smallest absolute Gasteiger partial charge is 0.292 e. The van der Waals surface area contributed by atoms with E-state index in [0.717, 1.165) is 6.42 Å². The van der Waals surface area contributed by atoms with E-state index < -0.39 is 4.92 Å². The van der Waals surface area contributed by atoms with Crippen LogP contribution in [0.5, 0.6) is 0 Å². The second-order valence-electron chi connectivity index (χ2n) is 6.33. The molecule has 1 fully saturated rings. The number of ether oxygens (including phenoxy) is 1. The van der Waals surface area contributed by atoms with Crippen LogP contribution >= 0.6 is 24.0 Å². The molecule has 0 aliphatic carbocycles. The van der Waals surface area contributed by atoms with Gasteiger partial charge in [0.05, 0.1) is 11.5 Å². The Balaban J connectivity index is 0.00000364. The van der Waals surface area contributed by atoms with Crippen molar-refractivity contribution in [2.45, 2.75) is 12.8 Å². The van der Waals surface area contributed by atoms with Crippen LogP contribution < -0.4 is 16.0 Å². The van der Waals surface area contributed by atoms with E-state index in [1.54, 1.807) is 25.2 Å². The Morgan fingerprint density at radius 1 is 1.37 bits per heavy atom. The number of anilines is 1. The van der Waals surface area contributed by atoms with Crippen molar-refractivity contribution in [2.75, 3.05) is 51.8 Å². The molecule has 1 saturated heterocycles. The summed E-state index contributed by atoms with van der Waals surface area (Å²) < 4.78 is 5.48. The number of aliphatic hydroxyl groups is 1. The van der Waals surface area contributed by atoms with Crippen molar-refractivity contribution >= 4 is 41.3 Å². The van der Waals surface area contributed by atoms with Crippen LogP contribution in [0.1, 0.15) is 12.8 Å². The predicted octanol–water partition coefficient (Wildman–Crippen LogP) is 1.58. The molecule has 4 N–H and O–H groups in total. The minimum atomic E-state index is -0.402. The van der Waals surface area contributed by atoms with E-state index in [1.807, 2.05) is 0 Å². The van der Waals surface area contributed by atoms with Crippen molar-refractivity contribution in [3.63, 3.8) is 0 Å². The summed E-state index contributed by atoms with van der Waals surface area (Å²) in [7, 11) is 1.69. The van der Waals surface area contributed by atoms with E-state index in [4.69, 9.17) is 4.74 Å². The average Bonchev–Trinajstić information content (AvgIpc) is 3.10. The fourth-order valence-electron chi connectivity index (χ4n) is 2.96. The highest BCUT2D eigenvalue weighted by molar-refractivity contribution is 14.0. The van der Waals surface area contributed by atoms with E-state index in [2.05, 4.69) is 20.9 Å². The van der Waals surface area contributed by atoms with Gasteiger partial charge in [-0.25, -0.2) is 0 Å². The molecule has 1 atom stereocenters. The van der Waals surface area contributed by atoms with Gasteiger partial charge < -0.3 is 25.8 Å². The lowest BCUT2D eigenvalue weighted by molar-refractivity contribution is -0.384. The molecular weight excluding hydrogens is 465 g/mol. The lowest BCUT2D eigenvalue weighted by Gasteiger charge is -2.27. The number of hydrogen-bond acceptors (Lipinski definition) is 6. The predicted molar refractivity (Wildman–Crippen MR) is 116 cm³/mol. The molecule has 1 aromatic rings. The van der Waals surface area contributed by atoms with Crippen LogP contribution in [0.4, 0.5) is 11.4 Å². The molecule has 0 radical (unpaired) electrons. The molecule has 0 saturated carbocycles. The van der Waals surface area contributed by atoms with E-state index in [-0.39, 0.29) is 41.7 Å². The molecule has 10 heteroatoms. The van der Waals surface area contributed by atoms with Crippen LogP contribution in [0.3, 0.4) is 0 Å². The first-order valence-electron chi connectivity index (χ1n) is 8.71. The number of rotatable bonds is 9. The van der Waals surface area contributed by atoms with Crippen LogP contribution in [0, 0.1) is 15.5 Å². The highest BCUT2D eigenvalue weighted by Gasteiger charge is 2.34. The maximum Gasteiger partial charge on any atom is 0.292 e. The summed E-state index contributed by atoms with van der Waals surface area (Å²) in [5, 5.41) is 29.8. The summed E-state index contributed by atoms with van der Waals surface area (Å²) in [6.07, 6.45) is 1.60. The third-order valence-corrected chi connectivity index (χ3v) is 4.52. The summed E-state index contributed by atoms with van der Waals surface area (Å²) in [4.78, 5) is 14.8. The van der Waals surface area contributed by atoms with Gasteiger partial charge in [-0.2, -0.15) is 0 Å². The molecule has 9 nitrogen and oxygen atoms in total. The van der Waals surface area contributed by atoms with Crippen molar-refractivity contribution in [3.8, 4) is 0 Å². The van der Waals surface area contributed by atoms with Gasteiger partial charge in [0.2, 0.25) is 0 Å². The monoisotopic (exact) mass is 493 g/mol. The van der Waals surface area contributed by atoms with Crippen LogP contribution in [-0.2, 0) is 4.74 Å². The summed E-state index contributed by atoms with van der Waals surface area (Å²) in [5.74, 6) is 0.651. The molecule has 0 aromatic heterocycles. The van der Waals surface area contributed by atoms with Gasteiger partial charge in [0.15, 0.2) is 5.96 Å². The Labute approximate surface area is 176 Å². The fraction of sp³-hybridized carbons (Fsp3) is 0.588. The first-order valence-corrected chi connectivity index (χ1v) is 8.71. The van der Waals surface area contributed by atoms with Gasteiger partial charge in [0.1, 0.15) is 5.69 Å². The minimum Gasteiger partial charge on any atom is -0.396 e. The van der Waals surface area contributed by atoms with Gasteiger partial charge in [0.25, 0.3) is 5.69 Å². The number of nitrogens with one attached hydrogen (secondary N) is 3. The molecular formula is C17H28IN5O4. The normalized spacial score (nSPS) is 19.3. The van der Waals surface area contributed by atoms with Crippen molar-refractivity contribution in [1.29, 1.82) is 0 Å². The number of nitro groups is 1. The highest BCUT2D eigenvalue weighted by Crippen LogP contribution is 2.31. The zero-order valence-electron chi connectivity index (χ0n) is 15.4. The first-order chi connectivity index (χ1) is 12.6. The average molecular weight is 493 g/mol. The minimum absolute atomic E-state index is 0. The second-order valence-corrected chi connectivity index (χ2v) is 6.33. The number of nitro benzene ring substituents is 1. The van der Waals surface area contributed by atoms with E-state index in [9.17, 15) is 15.2 Å². The van der Waals surface area contributed by atoms with Gasteiger partial charge in [-0.15, -0.1) is 24.0 Å². The first kappa shape index (κ1) is 23.4. The molecule has 152 valence electrons.